The summed E-state index contributed by atoms with van der Waals surface area (Å²) in [5, 5.41) is 8.63. The van der Waals surface area contributed by atoms with Gasteiger partial charge in [-0.1, -0.05) is 18.9 Å². The van der Waals surface area contributed by atoms with Crippen LogP contribution in [0.5, 0.6) is 0 Å². The quantitative estimate of drug-likeness (QED) is 0.519. The van der Waals surface area contributed by atoms with Crippen molar-refractivity contribution >= 4 is 22.3 Å². The molecule has 0 heterocycles. The molecule has 0 saturated heterocycles. The number of carbonyl (C=O) groups is 1. The van der Waals surface area contributed by atoms with Gasteiger partial charge in [0.25, 0.3) is 0 Å². The molecule has 0 aromatic carbocycles. The summed E-state index contributed by atoms with van der Waals surface area (Å²) in [6.45, 7) is 1.67. The lowest BCUT2D eigenvalue weighted by Gasteiger charge is -2.03. The third-order valence-corrected chi connectivity index (χ3v) is 2.94. The highest BCUT2D eigenvalue weighted by molar-refractivity contribution is 6.11. The van der Waals surface area contributed by atoms with Crippen LogP contribution in [-0.4, -0.2) is 27.4 Å². The summed E-state index contributed by atoms with van der Waals surface area (Å²) >= 11 is 2.81. The van der Waals surface area contributed by atoms with Crippen LogP contribution >= 0.6 is 0 Å². The number of allylic oxidation sites excluding steroid dienone is 1. The third kappa shape index (κ3) is 2.66. The SMILES string of the molecule is C/C(=C\C1CC[CH]([Al])C1)C(=O)O. The molecule has 64 valence electrons. The van der Waals surface area contributed by atoms with E-state index in [1.807, 2.05) is 6.08 Å². The van der Waals surface area contributed by atoms with Gasteiger partial charge < -0.3 is 5.11 Å². The average Bonchev–Trinajstić information content (AvgIpc) is 2.35. The second kappa shape index (κ2) is 4.11. The molecule has 2 unspecified atom stereocenters. The topological polar surface area (TPSA) is 37.3 Å². The smallest absolute Gasteiger partial charge is 0.330 e. The molecular weight excluding hydrogens is 167 g/mol. The van der Waals surface area contributed by atoms with Crippen molar-refractivity contribution in [2.45, 2.75) is 31.0 Å². The summed E-state index contributed by atoms with van der Waals surface area (Å²) in [5.74, 6) is -0.300. The number of carboxylic acids is 1. The Morgan fingerprint density at radius 1 is 1.58 bits per heavy atom. The first-order valence-corrected chi connectivity index (χ1v) is 4.93. The van der Waals surface area contributed by atoms with Crippen LogP contribution in [0.4, 0.5) is 0 Å². The Morgan fingerprint density at radius 3 is 2.67 bits per heavy atom. The fraction of sp³-hybridized carbons (Fsp3) is 0.667. The zero-order valence-electron chi connectivity index (χ0n) is 7.29. The van der Waals surface area contributed by atoms with Crippen molar-refractivity contribution < 1.29 is 9.90 Å². The Hall–Kier alpha value is -0.258. The van der Waals surface area contributed by atoms with Crippen molar-refractivity contribution in [2.75, 3.05) is 0 Å². The maximum absolute atomic E-state index is 10.5. The van der Waals surface area contributed by atoms with Gasteiger partial charge in [0.05, 0.1) is 0 Å². The molecule has 1 aliphatic carbocycles. The lowest BCUT2D eigenvalue weighted by Crippen LogP contribution is -1.99. The first kappa shape index (κ1) is 9.83. The zero-order chi connectivity index (χ0) is 9.14. The van der Waals surface area contributed by atoms with Crippen LogP contribution in [0.25, 0.3) is 0 Å². The van der Waals surface area contributed by atoms with Crippen LogP contribution < -0.4 is 0 Å². The zero-order valence-corrected chi connectivity index (χ0v) is 8.44. The van der Waals surface area contributed by atoms with Crippen LogP contribution in [0, 0.1) is 5.92 Å². The Bertz CT molecular complexity index is 211. The molecule has 1 fully saturated rings. The molecule has 1 rings (SSSR count). The maximum atomic E-state index is 10.5. The highest BCUT2D eigenvalue weighted by Gasteiger charge is 2.19. The normalized spacial score (nSPS) is 30.6. The van der Waals surface area contributed by atoms with Gasteiger partial charge in [0.2, 0.25) is 0 Å². The standard InChI is InChI=1S/C9H13O2.Al/c1-7(9(10)11)6-8-4-2-3-5-8;/h2,6,8H,3-5H2,1H3,(H,10,11);/b7-6+;. The molecule has 1 N–H and O–H groups in total. The summed E-state index contributed by atoms with van der Waals surface area (Å²) in [4.78, 5) is 10.5. The predicted molar refractivity (Wildman–Crippen MR) is 48.2 cm³/mol. The fourth-order valence-corrected chi connectivity index (χ4v) is 2.17. The molecule has 0 aromatic rings. The number of rotatable bonds is 2. The molecule has 1 saturated carbocycles. The van der Waals surface area contributed by atoms with E-state index in [0.29, 0.717) is 16.3 Å². The molecule has 12 heavy (non-hydrogen) atoms. The minimum absolute atomic E-state index is 0.485. The summed E-state index contributed by atoms with van der Waals surface area (Å²) in [5.41, 5.74) is 0.485. The molecular formula is C9H13AlO2. The Balaban J connectivity index is 2.50. The Kier molecular flexibility index (Phi) is 3.37. The monoisotopic (exact) mass is 180 g/mol. The van der Waals surface area contributed by atoms with Gasteiger partial charge in [0.15, 0.2) is 0 Å². The number of hydrogen-bond donors (Lipinski definition) is 1. The van der Waals surface area contributed by atoms with Crippen molar-refractivity contribution in [2.24, 2.45) is 5.92 Å². The van der Waals surface area contributed by atoms with E-state index >= 15 is 0 Å². The highest BCUT2D eigenvalue weighted by Crippen LogP contribution is 2.34. The first-order chi connectivity index (χ1) is 5.59. The van der Waals surface area contributed by atoms with E-state index in [0.717, 1.165) is 12.8 Å². The van der Waals surface area contributed by atoms with Crippen molar-refractivity contribution in [1.82, 2.24) is 0 Å². The van der Waals surface area contributed by atoms with E-state index < -0.39 is 5.97 Å². The van der Waals surface area contributed by atoms with Crippen LogP contribution in [0.1, 0.15) is 26.2 Å². The van der Waals surface area contributed by atoms with Crippen molar-refractivity contribution in [1.29, 1.82) is 0 Å². The molecule has 0 aliphatic heterocycles. The molecule has 2 atom stereocenters. The van der Waals surface area contributed by atoms with E-state index in [9.17, 15) is 4.79 Å². The van der Waals surface area contributed by atoms with Crippen molar-refractivity contribution in [3.63, 3.8) is 0 Å². The van der Waals surface area contributed by atoms with E-state index in [1.54, 1.807) is 6.92 Å². The van der Waals surface area contributed by atoms with Gasteiger partial charge in [-0.25, -0.2) is 4.79 Å². The fourth-order valence-electron chi connectivity index (χ4n) is 1.63. The second-order valence-electron chi connectivity index (χ2n) is 3.49. The molecule has 0 amide bonds. The summed E-state index contributed by atoms with van der Waals surface area (Å²) in [7, 11) is 0. The lowest BCUT2D eigenvalue weighted by molar-refractivity contribution is -0.132. The van der Waals surface area contributed by atoms with Crippen LogP contribution in [0.15, 0.2) is 11.6 Å². The summed E-state index contributed by atoms with van der Waals surface area (Å²) in [6.07, 6.45) is 5.36. The number of hydrogen-bond acceptors (Lipinski definition) is 1. The first-order valence-electron chi connectivity index (χ1n) is 4.27. The van der Waals surface area contributed by atoms with E-state index in [2.05, 4.69) is 16.3 Å². The predicted octanol–water partition coefficient (Wildman–Crippen LogP) is 1.77. The molecule has 0 aromatic heterocycles. The minimum Gasteiger partial charge on any atom is -0.478 e. The van der Waals surface area contributed by atoms with Gasteiger partial charge >= 0.3 is 5.97 Å². The van der Waals surface area contributed by atoms with Gasteiger partial charge in [-0.05, 0) is 19.3 Å². The molecule has 1 aliphatic rings. The number of aliphatic carboxylic acids is 1. The molecule has 2 nitrogen and oxygen atoms in total. The molecule has 2 radical (unpaired) electrons. The Labute approximate surface area is 81.1 Å². The minimum atomic E-state index is -0.790. The van der Waals surface area contributed by atoms with Crippen molar-refractivity contribution in [3.05, 3.63) is 11.6 Å². The van der Waals surface area contributed by atoms with Crippen LogP contribution in [-0.2, 0) is 4.79 Å². The average molecular weight is 180 g/mol. The van der Waals surface area contributed by atoms with Gasteiger partial charge in [-0.2, -0.15) is 0 Å². The molecule has 0 spiro atoms. The van der Waals surface area contributed by atoms with Crippen molar-refractivity contribution in [3.8, 4) is 0 Å². The van der Waals surface area contributed by atoms with E-state index in [-0.39, 0.29) is 0 Å². The maximum Gasteiger partial charge on any atom is 0.330 e. The van der Waals surface area contributed by atoms with E-state index in [4.69, 9.17) is 5.11 Å². The Morgan fingerprint density at radius 2 is 2.25 bits per heavy atom. The van der Waals surface area contributed by atoms with Gasteiger partial charge in [-0.3, -0.25) is 0 Å². The van der Waals surface area contributed by atoms with Crippen LogP contribution in [0.2, 0.25) is 4.78 Å². The van der Waals surface area contributed by atoms with Gasteiger partial charge in [0, 0.05) is 5.57 Å². The van der Waals surface area contributed by atoms with Gasteiger partial charge in [-0.15, -0.1) is 4.78 Å². The van der Waals surface area contributed by atoms with Crippen LogP contribution in [0.3, 0.4) is 0 Å². The molecule has 3 heteroatoms. The summed E-state index contributed by atoms with van der Waals surface area (Å²) in [6, 6.07) is 0. The van der Waals surface area contributed by atoms with E-state index in [1.165, 1.54) is 6.42 Å². The largest absolute Gasteiger partial charge is 0.478 e. The van der Waals surface area contributed by atoms with Gasteiger partial charge in [0.1, 0.15) is 16.3 Å². The second-order valence-corrected chi connectivity index (χ2v) is 4.43. The number of carboxylic acid groups (broad SMARTS) is 1. The highest BCUT2D eigenvalue weighted by atomic mass is 27.0. The third-order valence-electron chi connectivity index (χ3n) is 2.34. The molecule has 0 bridgehead atoms. The lowest BCUT2D eigenvalue weighted by atomic mass is 10.1. The summed E-state index contributed by atoms with van der Waals surface area (Å²) < 4.78 is 0.688.